The van der Waals surface area contributed by atoms with Crippen LogP contribution in [0, 0.1) is 0 Å². The Morgan fingerprint density at radius 1 is 0.250 bits per heavy atom. The van der Waals surface area contributed by atoms with Gasteiger partial charge in [0.25, 0.3) is 0 Å². The Kier molecular flexibility index (Phi) is 11.3. The van der Waals surface area contributed by atoms with Crippen LogP contribution in [0.2, 0.25) is 0 Å². The van der Waals surface area contributed by atoms with Gasteiger partial charge in [0.1, 0.15) is 0 Å². The predicted molar refractivity (Wildman–Crippen MR) is 366 cm³/mol. The number of allylic oxidation sites excluding steroid dienone is 2. The molecular formula is C80H54N8. The summed E-state index contributed by atoms with van der Waals surface area (Å²) in [4.78, 5) is 11.4. The highest BCUT2D eigenvalue weighted by atomic mass is 15.3. The lowest BCUT2D eigenvalue weighted by atomic mass is 10.00. The van der Waals surface area contributed by atoms with Crippen molar-refractivity contribution < 1.29 is 0 Å². The second kappa shape index (κ2) is 19.9. The van der Waals surface area contributed by atoms with Crippen molar-refractivity contribution in [2.75, 3.05) is 0 Å². The number of fused-ring (bicyclic) bond motifs is 14. The van der Waals surface area contributed by atoms with Gasteiger partial charge < -0.3 is 19.8 Å². The van der Waals surface area contributed by atoms with E-state index in [9.17, 15) is 0 Å². The molecule has 6 heterocycles. The van der Waals surface area contributed by atoms with Crippen LogP contribution in [0.1, 0.15) is 34.8 Å². The Bertz CT molecular complexity index is 5240. The molecule has 8 heteroatoms. The van der Waals surface area contributed by atoms with Gasteiger partial charge >= 0.3 is 0 Å². The summed E-state index contributed by atoms with van der Waals surface area (Å²) >= 11 is 0. The number of para-hydroxylation sites is 4. The van der Waals surface area contributed by atoms with Crippen molar-refractivity contribution in [2.24, 2.45) is 9.98 Å². The van der Waals surface area contributed by atoms with Crippen molar-refractivity contribution in [3.05, 3.63) is 326 Å². The smallest absolute Gasteiger partial charge is 0.201 e. The molecule has 18 rings (SSSR count). The highest BCUT2D eigenvalue weighted by Gasteiger charge is 2.30. The van der Waals surface area contributed by atoms with E-state index in [-0.39, 0.29) is 0 Å². The molecule has 414 valence electrons. The van der Waals surface area contributed by atoms with Crippen molar-refractivity contribution in [3.63, 3.8) is 0 Å². The summed E-state index contributed by atoms with van der Waals surface area (Å²) in [5.41, 5.74) is 21.5. The maximum Gasteiger partial charge on any atom is 0.201 e. The van der Waals surface area contributed by atoms with Crippen molar-refractivity contribution in [1.82, 2.24) is 28.9 Å². The summed E-state index contributed by atoms with van der Waals surface area (Å²) in [5.74, 6) is 0. The molecule has 0 saturated carbocycles. The SMILES string of the molecule is C1=C(c2ccccc2)NC(n2c3ccc(-c4ccc5c(c4)c4ccc6c7ccccc7n(-c7ccccc7)c6c4n5C4N=C(c5ccccc5)C=C(c5ccccc5)N4)cc3c3ccc4c5ccccc5n(-c5ccccc5)c4c32)N=C1c1ccccc1. The number of nitrogens with one attached hydrogen (secondary N) is 2. The van der Waals surface area contributed by atoms with Crippen LogP contribution in [-0.2, 0) is 0 Å². The Hall–Kier alpha value is -11.7. The standard InChI is InChI=1S/C80H54N8/c1-7-23-51(24-8-1)67-49-68(52-25-9-2-10-26-52)82-79(81-67)87-73-45-39-55(47-65(73)63-43-41-61-59-35-19-21-37-71(59)85(75(61)77(63)87)57-31-15-5-16-32-57)56-40-46-74-66(48-56)64-44-42-62-60-36-20-22-38-72(60)86(58-33-17-6-18-34-58)76(62)78(64)88(74)80-83-69(53-27-11-3-12-28-53)50-70(84-80)54-29-13-4-14-30-54/h1-50,79-81,83H. The van der Waals surface area contributed by atoms with Crippen LogP contribution in [0.15, 0.2) is 313 Å². The van der Waals surface area contributed by atoms with Gasteiger partial charge in [-0.3, -0.25) is 9.13 Å². The Labute approximate surface area is 506 Å². The van der Waals surface area contributed by atoms with Crippen molar-refractivity contribution in [1.29, 1.82) is 0 Å². The molecule has 0 radical (unpaired) electrons. The molecule has 0 bridgehead atoms. The van der Waals surface area contributed by atoms with E-state index in [1.807, 2.05) is 0 Å². The van der Waals surface area contributed by atoms with Gasteiger partial charge in [0, 0.05) is 65.9 Å². The minimum Gasteiger partial charge on any atom is -0.346 e. The fraction of sp³-hybridized carbons (Fsp3) is 0.0250. The number of aliphatic imine (C=N–C) groups is 2. The van der Waals surface area contributed by atoms with Gasteiger partial charge in [0.15, 0.2) is 0 Å². The first-order valence-corrected chi connectivity index (χ1v) is 30.1. The zero-order chi connectivity index (χ0) is 57.8. The van der Waals surface area contributed by atoms with E-state index >= 15 is 0 Å². The first kappa shape index (κ1) is 49.7. The maximum absolute atomic E-state index is 5.68. The van der Waals surface area contributed by atoms with Crippen LogP contribution in [0.3, 0.4) is 0 Å². The first-order valence-electron chi connectivity index (χ1n) is 30.1. The minimum absolute atomic E-state index is 0.518. The van der Waals surface area contributed by atoms with Crippen LogP contribution >= 0.6 is 0 Å². The Morgan fingerprint density at radius 3 is 0.966 bits per heavy atom. The number of hydrogen-bond donors (Lipinski definition) is 2. The van der Waals surface area contributed by atoms with Crippen molar-refractivity contribution in [2.45, 2.75) is 12.6 Å². The van der Waals surface area contributed by atoms with Gasteiger partial charge in [-0.1, -0.05) is 231 Å². The summed E-state index contributed by atoms with van der Waals surface area (Å²) in [6.45, 7) is 0. The largest absolute Gasteiger partial charge is 0.346 e. The molecule has 0 spiro atoms. The second-order valence-corrected chi connectivity index (χ2v) is 22.9. The normalized spacial score (nSPS) is 15.3. The molecule has 2 N–H and O–H groups in total. The molecule has 2 atom stereocenters. The van der Waals surface area contributed by atoms with E-state index in [4.69, 9.17) is 9.98 Å². The molecule has 0 saturated heterocycles. The van der Waals surface area contributed by atoms with E-state index in [2.05, 4.69) is 332 Å². The molecule has 0 amide bonds. The number of nitrogens with zero attached hydrogens (tertiary/aromatic N) is 6. The van der Waals surface area contributed by atoms with Crippen molar-refractivity contribution >= 4 is 110 Å². The summed E-state index contributed by atoms with van der Waals surface area (Å²) < 4.78 is 9.82. The maximum atomic E-state index is 5.68. The molecule has 2 unspecified atom stereocenters. The molecule has 0 fully saturated rings. The number of benzene rings is 12. The lowest BCUT2D eigenvalue weighted by molar-refractivity contribution is 0.509. The molecule has 2 aliphatic rings. The third-order valence-electron chi connectivity index (χ3n) is 18.0. The lowest BCUT2D eigenvalue weighted by Crippen LogP contribution is -2.29. The van der Waals surface area contributed by atoms with E-state index in [0.29, 0.717) is 0 Å². The molecule has 2 aliphatic heterocycles. The van der Waals surface area contributed by atoms with Crippen LogP contribution in [-0.4, -0.2) is 29.7 Å². The fourth-order valence-electron chi connectivity index (χ4n) is 14.1. The van der Waals surface area contributed by atoms with Gasteiger partial charge in [-0.15, -0.1) is 0 Å². The highest BCUT2D eigenvalue weighted by molar-refractivity contribution is 6.26. The summed E-state index contributed by atoms with van der Waals surface area (Å²) in [6.07, 6.45) is 3.35. The fourth-order valence-corrected chi connectivity index (χ4v) is 14.1. The predicted octanol–water partition coefficient (Wildman–Crippen LogP) is 18.9. The molecular weight excluding hydrogens is 1070 g/mol. The van der Waals surface area contributed by atoms with Crippen LogP contribution in [0.25, 0.3) is 121 Å². The number of hydrogen-bond acceptors (Lipinski definition) is 4. The van der Waals surface area contributed by atoms with E-state index in [0.717, 1.165) is 133 Å². The summed E-state index contributed by atoms with van der Waals surface area (Å²) in [5, 5.41) is 17.3. The highest BCUT2D eigenvalue weighted by Crippen LogP contribution is 2.46. The Balaban J connectivity index is 0.898. The van der Waals surface area contributed by atoms with Gasteiger partial charge in [0.05, 0.1) is 55.6 Å². The quantitative estimate of drug-likeness (QED) is 0.151. The van der Waals surface area contributed by atoms with Crippen LogP contribution in [0.5, 0.6) is 0 Å². The molecule has 8 nitrogen and oxygen atoms in total. The number of aromatic nitrogens is 4. The second-order valence-electron chi connectivity index (χ2n) is 22.9. The van der Waals surface area contributed by atoms with Gasteiger partial charge in [-0.05, 0) is 106 Å². The first-order chi connectivity index (χ1) is 43.7. The molecule has 12 aromatic carbocycles. The van der Waals surface area contributed by atoms with Crippen LogP contribution in [0.4, 0.5) is 0 Å². The molecule has 0 aliphatic carbocycles. The van der Waals surface area contributed by atoms with Crippen LogP contribution < -0.4 is 10.6 Å². The van der Waals surface area contributed by atoms with Gasteiger partial charge in [0.2, 0.25) is 12.6 Å². The average Bonchev–Trinajstić information content (AvgIpc) is 1.69. The average molecular weight is 1130 g/mol. The zero-order valence-electron chi connectivity index (χ0n) is 47.7. The zero-order valence-corrected chi connectivity index (χ0v) is 47.7. The minimum atomic E-state index is -0.518. The van der Waals surface area contributed by atoms with Gasteiger partial charge in [-0.2, -0.15) is 0 Å². The monoisotopic (exact) mass is 1130 g/mol. The van der Waals surface area contributed by atoms with Crippen molar-refractivity contribution in [3.8, 4) is 22.5 Å². The van der Waals surface area contributed by atoms with E-state index in [1.54, 1.807) is 0 Å². The summed E-state index contributed by atoms with van der Waals surface area (Å²) in [7, 11) is 0. The third-order valence-corrected chi connectivity index (χ3v) is 18.0. The van der Waals surface area contributed by atoms with E-state index in [1.165, 1.54) is 21.5 Å². The Morgan fingerprint density at radius 2 is 0.580 bits per heavy atom. The molecule has 16 aromatic rings. The lowest BCUT2D eigenvalue weighted by Gasteiger charge is -2.27. The van der Waals surface area contributed by atoms with Gasteiger partial charge in [-0.25, -0.2) is 9.98 Å². The van der Waals surface area contributed by atoms with E-state index < -0.39 is 12.6 Å². The summed E-state index contributed by atoms with van der Waals surface area (Å²) in [6, 6.07) is 105. The number of rotatable bonds is 9. The molecule has 4 aromatic heterocycles. The molecule has 88 heavy (non-hydrogen) atoms. The topological polar surface area (TPSA) is 68.5 Å². The third kappa shape index (κ3) is 7.79.